The van der Waals surface area contributed by atoms with E-state index in [9.17, 15) is 8.42 Å². The highest BCUT2D eigenvalue weighted by Crippen LogP contribution is 2.17. The lowest BCUT2D eigenvalue weighted by Gasteiger charge is -2.07. The summed E-state index contributed by atoms with van der Waals surface area (Å²) in [5, 5.41) is 6.50. The third kappa shape index (κ3) is 2.98. The Kier molecular flexibility index (Phi) is 3.93. The van der Waals surface area contributed by atoms with Crippen LogP contribution in [0, 0.1) is 6.92 Å². The number of pyridine rings is 1. The highest BCUT2D eigenvalue weighted by atomic mass is 32.2. The number of H-pyrrole nitrogens is 1. The number of nitrogens with two attached hydrogens (primary N) is 1. The fourth-order valence-electron chi connectivity index (χ4n) is 1.71. The molecule has 2 heterocycles. The second-order valence-corrected chi connectivity index (χ2v) is 5.68. The lowest BCUT2D eigenvalue weighted by Crippen LogP contribution is -2.25. The molecule has 0 saturated carbocycles. The van der Waals surface area contributed by atoms with Gasteiger partial charge in [0.25, 0.3) is 0 Å². The first-order chi connectivity index (χ1) is 9.04. The van der Waals surface area contributed by atoms with Crippen molar-refractivity contribution in [3.63, 3.8) is 0 Å². The molecule has 7 nitrogen and oxygen atoms in total. The SMILES string of the molecule is Cc1[nH]nc(CN)c1S(=O)(=O)NCc1ccccn1. The Hall–Kier alpha value is -1.77. The molecule has 0 radical (unpaired) electrons. The first-order valence-electron chi connectivity index (χ1n) is 5.68. The molecule has 4 N–H and O–H groups in total. The molecule has 0 unspecified atom stereocenters. The van der Waals surface area contributed by atoms with E-state index < -0.39 is 10.0 Å². The van der Waals surface area contributed by atoms with E-state index in [2.05, 4.69) is 19.9 Å². The van der Waals surface area contributed by atoms with Gasteiger partial charge in [0.05, 0.1) is 23.6 Å². The molecule has 0 saturated heterocycles. The predicted octanol–water partition coefficient (Wildman–Crippen LogP) is 0.0503. The minimum atomic E-state index is -3.65. The van der Waals surface area contributed by atoms with Gasteiger partial charge >= 0.3 is 0 Å². The van der Waals surface area contributed by atoms with Gasteiger partial charge in [-0.3, -0.25) is 10.1 Å². The maximum Gasteiger partial charge on any atom is 0.244 e. The molecule has 0 amide bonds. The third-order valence-electron chi connectivity index (χ3n) is 2.59. The van der Waals surface area contributed by atoms with Gasteiger partial charge in [0.1, 0.15) is 4.90 Å². The second kappa shape index (κ2) is 5.47. The predicted molar refractivity (Wildman–Crippen MR) is 69.5 cm³/mol. The Morgan fingerprint density at radius 1 is 1.42 bits per heavy atom. The summed E-state index contributed by atoms with van der Waals surface area (Å²) in [6, 6.07) is 5.31. The van der Waals surface area contributed by atoms with Crippen LogP contribution in [0.2, 0.25) is 0 Å². The van der Waals surface area contributed by atoms with Crippen LogP contribution in [0.5, 0.6) is 0 Å². The molecular formula is C11H15N5O2S. The lowest BCUT2D eigenvalue weighted by molar-refractivity contribution is 0.578. The van der Waals surface area contributed by atoms with Crippen LogP contribution < -0.4 is 10.5 Å². The van der Waals surface area contributed by atoms with Crippen molar-refractivity contribution in [3.8, 4) is 0 Å². The molecule has 0 aromatic carbocycles. The average molecular weight is 281 g/mol. The van der Waals surface area contributed by atoms with Crippen LogP contribution in [-0.4, -0.2) is 23.6 Å². The fourth-order valence-corrected chi connectivity index (χ4v) is 3.08. The minimum Gasteiger partial charge on any atom is -0.325 e. The number of nitrogens with zero attached hydrogens (tertiary/aromatic N) is 2. The summed E-state index contributed by atoms with van der Waals surface area (Å²) in [5.74, 6) is 0. The van der Waals surface area contributed by atoms with Gasteiger partial charge in [-0.15, -0.1) is 0 Å². The molecule has 0 fully saturated rings. The van der Waals surface area contributed by atoms with E-state index in [1.165, 1.54) is 0 Å². The molecule has 2 aromatic rings. The van der Waals surface area contributed by atoms with Gasteiger partial charge < -0.3 is 5.73 Å². The Labute approximate surface area is 111 Å². The van der Waals surface area contributed by atoms with E-state index in [0.29, 0.717) is 17.1 Å². The molecule has 19 heavy (non-hydrogen) atoms. The summed E-state index contributed by atoms with van der Waals surface area (Å²) < 4.78 is 26.9. The number of nitrogens with one attached hydrogen (secondary N) is 2. The average Bonchev–Trinajstić information content (AvgIpc) is 2.80. The number of aryl methyl sites for hydroxylation is 1. The van der Waals surface area contributed by atoms with Crippen molar-refractivity contribution < 1.29 is 8.42 Å². The zero-order valence-corrected chi connectivity index (χ0v) is 11.2. The maximum absolute atomic E-state index is 12.2. The van der Waals surface area contributed by atoms with Crippen LogP contribution in [0.3, 0.4) is 0 Å². The molecule has 0 aliphatic heterocycles. The Morgan fingerprint density at radius 3 is 2.84 bits per heavy atom. The van der Waals surface area contributed by atoms with Crippen molar-refractivity contribution in [2.45, 2.75) is 24.9 Å². The topological polar surface area (TPSA) is 114 Å². The molecular weight excluding hydrogens is 266 g/mol. The van der Waals surface area contributed by atoms with Gasteiger partial charge in [-0.25, -0.2) is 13.1 Å². The molecule has 8 heteroatoms. The van der Waals surface area contributed by atoms with Gasteiger partial charge in [-0.05, 0) is 19.1 Å². The van der Waals surface area contributed by atoms with Crippen LogP contribution in [0.15, 0.2) is 29.3 Å². The number of rotatable bonds is 5. The number of sulfonamides is 1. The summed E-state index contributed by atoms with van der Waals surface area (Å²) in [6.45, 7) is 1.82. The molecule has 0 aliphatic carbocycles. The summed E-state index contributed by atoms with van der Waals surface area (Å²) in [4.78, 5) is 4.17. The molecule has 0 spiro atoms. The zero-order valence-electron chi connectivity index (χ0n) is 10.4. The molecule has 0 bridgehead atoms. The van der Waals surface area contributed by atoms with E-state index in [0.717, 1.165) is 0 Å². The second-order valence-electron chi connectivity index (χ2n) is 3.97. The van der Waals surface area contributed by atoms with Gasteiger partial charge in [0, 0.05) is 12.7 Å². The molecule has 102 valence electrons. The largest absolute Gasteiger partial charge is 0.325 e. The molecule has 2 rings (SSSR count). The molecule has 2 aromatic heterocycles. The smallest absolute Gasteiger partial charge is 0.244 e. The van der Waals surface area contributed by atoms with Gasteiger partial charge in [-0.2, -0.15) is 5.10 Å². The monoisotopic (exact) mass is 281 g/mol. The van der Waals surface area contributed by atoms with Crippen molar-refractivity contribution in [1.82, 2.24) is 19.9 Å². The number of aromatic nitrogens is 3. The number of aromatic amines is 1. The van der Waals surface area contributed by atoms with Gasteiger partial charge in [-0.1, -0.05) is 6.07 Å². The first kappa shape index (κ1) is 13.7. The molecule has 0 aliphatic rings. The quantitative estimate of drug-likeness (QED) is 0.716. The number of hydrogen-bond acceptors (Lipinski definition) is 5. The normalized spacial score (nSPS) is 11.7. The third-order valence-corrected chi connectivity index (χ3v) is 4.20. The lowest BCUT2D eigenvalue weighted by atomic mass is 10.4. The fraction of sp³-hybridized carbons (Fsp3) is 0.273. The molecule has 0 atom stereocenters. The summed E-state index contributed by atoms with van der Waals surface area (Å²) in [5.41, 5.74) is 6.91. The Morgan fingerprint density at radius 2 is 2.21 bits per heavy atom. The summed E-state index contributed by atoms with van der Waals surface area (Å²) >= 11 is 0. The highest BCUT2D eigenvalue weighted by molar-refractivity contribution is 7.89. The van der Waals surface area contributed by atoms with Crippen LogP contribution in [0.25, 0.3) is 0 Å². The van der Waals surface area contributed by atoms with Crippen molar-refractivity contribution in [2.75, 3.05) is 0 Å². The van der Waals surface area contributed by atoms with Crippen molar-refractivity contribution >= 4 is 10.0 Å². The van der Waals surface area contributed by atoms with E-state index >= 15 is 0 Å². The van der Waals surface area contributed by atoms with Crippen molar-refractivity contribution in [1.29, 1.82) is 0 Å². The van der Waals surface area contributed by atoms with E-state index in [1.807, 2.05) is 0 Å². The highest BCUT2D eigenvalue weighted by Gasteiger charge is 2.23. The van der Waals surface area contributed by atoms with Crippen LogP contribution in [-0.2, 0) is 23.1 Å². The van der Waals surface area contributed by atoms with Crippen LogP contribution >= 0.6 is 0 Å². The summed E-state index contributed by atoms with van der Waals surface area (Å²) in [6.07, 6.45) is 1.61. The zero-order chi connectivity index (χ0) is 13.9. The Balaban J connectivity index is 2.21. The van der Waals surface area contributed by atoms with E-state index in [4.69, 9.17) is 5.73 Å². The van der Waals surface area contributed by atoms with Crippen LogP contribution in [0.1, 0.15) is 17.1 Å². The first-order valence-corrected chi connectivity index (χ1v) is 7.16. The summed E-state index contributed by atoms with van der Waals surface area (Å²) in [7, 11) is -3.65. The Bertz CT molecular complexity index is 651. The van der Waals surface area contributed by atoms with Gasteiger partial charge in [0.2, 0.25) is 10.0 Å². The maximum atomic E-state index is 12.2. The van der Waals surface area contributed by atoms with Gasteiger partial charge in [0.15, 0.2) is 0 Å². The van der Waals surface area contributed by atoms with E-state index in [1.54, 1.807) is 31.3 Å². The standard InChI is InChI=1S/C11H15N5O2S/c1-8-11(10(6-12)16-15-8)19(17,18)14-7-9-4-2-3-5-13-9/h2-5,14H,6-7,12H2,1H3,(H,15,16). The van der Waals surface area contributed by atoms with Crippen molar-refractivity contribution in [3.05, 3.63) is 41.5 Å². The van der Waals surface area contributed by atoms with Crippen LogP contribution in [0.4, 0.5) is 0 Å². The number of hydrogen-bond donors (Lipinski definition) is 3. The van der Waals surface area contributed by atoms with Crippen molar-refractivity contribution in [2.24, 2.45) is 5.73 Å². The minimum absolute atomic E-state index is 0.0597. The van der Waals surface area contributed by atoms with E-state index in [-0.39, 0.29) is 18.0 Å².